The van der Waals surface area contributed by atoms with Crippen LogP contribution in [0.4, 0.5) is 5.69 Å². The number of carbonyl (C=O) groups excluding carboxylic acids is 1. The smallest absolute Gasteiger partial charge is 0.338 e. The number of nitro groups is 1. The van der Waals surface area contributed by atoms with Crippen LogP contribution in [0, 0.1) is 10.1 Å². The van der Waals surface area contributed by atoms with Crippen molar-refractivity contribution in [3.8, 4) is 11.6 Å². The first kappa shape index (κ1) is 14.9. The molecule has 0 saturated carbocycles. The Morgan fingerprint density at radius 1 is 1.38 bits per heavy atom. The lowest BCUT2D eigenvalue weighted by Crippen LogP contribution is -2.02. The number of methoxy groups -OCH3 is 1. The van der Waals surface area contributed by atoms with Gasteiger partial charge in [-0.1, -0.05) is 6.07 Å². The zero-order valence-electron chi connectivity index (χ0n) is 10.8. The molecule has 7 nitrogen and oxygen atoms in total. The van der Waals surface area contributed by atoms with E-state index < -0.39 is 10.9 Å². The number of para-hydroxylation sites is 1. The topological polar surface area (TPSA) is 91.6 Å². The summed E-state index contributed by atoms with van der Waals surface area (Å²) in [6, 6.07) is 7.23. The van der Waals surface area contributed by atoms with Gasteiger partial charge < -0.3 is 9.47 Å². The summed E-state index contributed by atoms with van der Waals surface area (Å²) >= 11 is 3.19. The Morgan fingerprint density at radius 3 is 2.81 bits per heavy atom. The summed E-state index contributed by atoms with van der Waals surface area (Å²) in [5.74, 6) is -0.492. The highest BCUT2D eigenvalue weighted by Gasteiger charge is 2.19. The SMILES string of the molecule is COC(=O)c1ccnc(Oc2c(Br)cccc2[N+](=O)[O-])c1. The zero-order valence-corrected chi connectivity index (χ0v) is 12.4. The van der Waals surface area contributed by atoms with Crippen molar-refractivity contribution in [2.24, 2.45) is 0 Å². The van der Waals surface area contributed by atoms with Gasteiger partial charge in [0.1, 0.15) is 0 Å². The van der Waals surface area contributed by atoms with Crippen LogP contribution < -0.4 is 4.74 Å². The third kappa shape index (κ3) is 3.34. The van der Waals surface area contributed by atoms with Crippen molar-refractivity contribution in [1.82, 2.24) is 4.98 Å². The van der Waals surface area contributed by atoms with Crippen LogP contribution in [0.1, 0.15) is 10.4 Å². The standard InChI is InChI=1S/C13H9BrN2O5/c1-20-13(17)8-5-6-15-11(7-8)21-12-9(14)3-2-4-10(12)16(18)19/h2-7H,1H3. The third-order valence-corrected chi connectivity index (χ3v) is 3.13. The van der Waals surface area contributed by atoms with E-state index in [-0.39, 0.29) is 22.9 Å². The van der Waals surface area contributed by atoms with E-state index in [2.05, 4.69) is 25.7 Å². The van der Waals surface area contributed by atoms with Crippen molar-refractivity contribution in [3.63, 3.8) is 0 Å². The van der Waals surface area contributed by atoms with Gasteiger partial charge in [-0.2, -0.15) is 0 Å². The number of hydrogen-bond acceptors (Lipinski definition) is 6. The van der Waals surface area contributed by atoms with E-state index in [0.717, 1.165) is 0 Å². The summed E-state index contributed by atoms with van der Waals surface area (Å²) in [6.07, 6.45) is 1.35. The van der Waals surface area contributed by atoms with Crippen molar-refractivity contribution in [3.05, 3.63) is 56.7 Å². The van der Waals surface area contributed by atoms with Crippen molar-refractivity contribution in [2.45, 2.75) is 0 Å². The predicted molar refractivity (Wildman–Crippen MR) is 76.4 cm³/mol. The molecule has 8 heteroatoms. The average Bonchev–Trinajstić information content (AvgIpc) is 2.48. The molecule has 1 heterocycles. The molecule has 108 valence electrons. The van der Waals surface area contributed by atoms with E-state index in [1.807, 2.05) is 0 Å². The summed E-state index contributed by atoms with van der Waals surface area (Å²) < 4.78 is 10.4. The Bertz CT molecular complexity index is 705. The van der Waals surface area contributed by atoms with Gasteiger partial charge in [0.2, 0.25) is 11.6 Å². The molecule has 1 aromatic heterocycles. The molecule has 0 fully saturated rings. The summed E-state index contributed by atoms with van der Waals surface area (Å²) in [5, 5.41) is 11.0. The van der Waals surface area contributed by atoms with Crippen LogP contribution in [-0.4, -0.2) is 23.0 Å². The number of esters is 1. The maximum absolute atomic E-state index is 11.4. The third-order valence-electron chi connectivity index (χ3n) is 2.51. The quantitative estimate of drug-likeness (QED) is 0.476. The molecular formula is C13H9BrN2O5. The maximum atomic E-state index is 11.4. The van der Waals surface area contributed by atoms with Gasteiger partial charge in [-0.25, -0.2) is 9.78 Å². The lowest BCUT2D eigenvalue weighted by molar-refractivity contribution is -0.385. The Hall–Kier alpha value is -2.48. The number of benzene rings is 1. The van der Waals surface area contributed by atoms with E-state index in [4.69, 9.17) is 4.74 Å². The van der Waals surface area contributed by atoms with Crippen LogP contribution in [-0.2, 0) is 4.74 Å². The van der Waals surface area contributed by atoms with Gasteiger partial charge >= 0.3 is 11.7 Å². The number of halogens is 1. The van der Waals surface area contributed by atoms with E-state index >= 15 is 0 Å². The fourth-order valence-corrected chi connectivity index (χ4v) is 1.99. The number of pyridine rings is 1. The molecular weight excluding hydrogens is 344 g/mol. The molecule has 0 unspecified atom stereocenters. The highest BCUT2D eigenvalue weighted by Crippen LogP contribution is 2.37. The van der Waals surface area contributed by atoms with Crippen molar-refractivity contribution in [1.29, 1.82) is 0 Å². The lowest BCUT2D eigenvalue weighted by Gasteiger charge is -2.08. The molecule has 0 aliphatic heterocycles. The number of aromatic nitrogens is 1. The minimum absolute atomic E-state index is 0.0111. The largest absolute Gasteiger partial charge is 0.465 e. The number of carbonyl (C=O) groups is 1. The van der Waals surface area contributed by atoms with Crippen LogP contribution in [0.3, 0.4) is 0 Å². The molecule has 0 atom stereocenters. The van der Waals surface area contributed by atoms with E-state index in [1.165, 1.54) is 37.6 Å². The minimum Gasteiger partial charge on any atom is -0.465 e. The molecule has 2 aromatic rings. The fourth-order valence-electron chi connectivity index (χ4n) is 1.56. The van der Waals surface area contributed by atoms with Gasteiger partial charge in [-0.3, -0.25) is 10.1 Å². The van der Waals surface area contributed by atoms with E-state index in [0.29, 0.717) is 4.47 Å². The lowest BCUT2D eigenvalue weighted by atomic mass is 10.2. The van der Waals surface area contributed by atoms with Gasteiger partial charge in [0.25, 0.3) is 0 Å². The molecule has 0 bridgehead atoms. The summed E-state index contributed by atoms with van der Waals surface area (Å²) in [7, 11) is 1.25. The van der Waals surface area contributed by atoms with Gasteiger partial charge in [-0.05, 0) is 28.1 Å². The molecule has 2 rings (SSSR count). The molecule has 0 aliphatic rings. The Labute approximate surface area is 127 Å². The first-order valence-electron chi connectivity index (χ1n) is 5.68. The number of ether oxygens (including phenoxy) is 2. The van der Waals surface area contributed by atoms with Crippen molar-refractivity contribution < 1.29 is 19.2 Å². The molecule has 0 N–H and O–H groups in total. The van der Waals surface area contributed by atoms with E-state index in [1.54, 1.807) is 6.07 Å². The number of nitrogens with zero attached hydrogens (tertiary/aromatic N) is 2. The molecule has 0 spiro atoms. The average molecular weight is 353 g/mol. The van der Waals surface area contributed by atoms with Crippen LogP contribution in [0.25, 0.3) is 0 Å². The minimum atomic E-state index is -0.565. The fraction of sp³-hybridized carbons (Fsp3) is 0.0769. The van der Waals surface area contributed by atoms with Crippen LogP contribution in [0.5, 0.6) is 11.6 Å². The van der Waals surface area contributed by atoms with Crippen molar-refractivity contribution >= 4 is 27.6 Å². The van der Waals surface area contributed by atoms with E-state index in [9.17, 15) is 14.9 Å². The number of nitro benzene ring substituents is 1. The molecule has 0 radical (unpaired) electrons. The first-order chi connectivity index (χ1) is 10.0. The molecule has 0 amide bonds. The van der Waals surface area contributed by atoms with Crippen LogP contribution in [0.15, 0.2) is 41.0 Å². The van der Waals surface area contributed by atoms with Crippen LogP contribution in [0.2, 0.25) is 0 Å². The molecule has 0 aliphatic carbocycles. The van der Waals surface area contributed by atoms with Gasteiger partial charge in [0.15, 0.2) is 0 Å². The number of rotatable bonds is 4. The first-order valence-corrected chi connectivity index (χ1v) is 6.47. The highest BCUT2D eigenvalue weighted by atomic mass is 79.9. The summed E-state index contributed by atoms with van der Waals surface area (Å²) in [4.78, 5) is 25.8. The normalized spacial score (nSPS) is 10.0. The van der Waals surface area contributed by atoms with Crippen LogP contribution >= 0.6 is 15.9 Å². The Morgan fingerprint density at radius 2 is 2.14 bits per heavy atom. The molecule has 1 aromatic carbocycles. The maximum Gasteiger partial charge on any atom is 0.338 e. The van der Waals surface area contributed by atoms with Gasteiger partial charge in [-0.15, -0.1) is 0 Å². The number of hydrogen-bond donors (Lipinski definition) is 0. The Balaban J connectivity index is 2.39. The highest BCUT2D eigenvalue weighted by molar-refractivity contribution is 9.10. The summed E-state index contributed by atoms with van der Waals surface area (Å²) in [6.45, 7) is 0. The second-order valence-corrected chi connectivity index (χ2v) is 4.68. The molecule has 21 heavy (non-hydrogen) atoms. The predicted octanol–water partition coefficient (Wildman–Crippen LogP) is 3.33. The second kappa shape index (κ2) is 6.31. The summed E-state index contributed by atoms with van der Waals surface area (Å²) in [5.41, 5.74) is 0.0202. The zero-order chi connectivity index (χ0) is 15.4. The Kier molecular flexibility index (Phi) is 4.49. The van der Waals surface area contributed by atoms with Gasteiger partial charge in [0.05, 0.1) is 22.1 Å². The molecule has 0 saturated heterocycles. The van der Waals surface area contributed by atoms with Crippen molar-refractivity contribution in [2.75, 3.05) is 7.11 Å². The van der Waals surface area contributed by atoms with Gasteiger partial charge in [0, 0.05) is 18.3 Å². The second-order valence-electron chi connectivity index (χ2n) is 3.82. The monoisotopic (exact) mass is 352 g/mol.